The highest BCUT2D eigenvalue weighted by Crippen LogP contribution is 2.41. The third-order valence-corrected chi connectivity index (χ3v) is 7.07. The number of nitrogens with zero attached hydrogens (tertiary/aromatic N) is 1. The first kappa shape index (κ1) is 18.2. The summed E-state index contributed by atoms with van der Waals surface area (Å²) in [7, 11) is 0. The van der Waals surface area contributed by atoms with Crippen LogP contribution in [0.2, 0.25) is 0 Å². The fourth-order valence-corrected chi connectivity index (χ4v) is 5.50. The van der Waals surface area contributed by atoms with E-state index in [2.05, 4.69) is 128 Å². The Morgan fingerprint density at radius 2 is 0.967 bits per heavy atom. The molecular weight excluding hydrogens is 498 g/mol. The van der Waals surface area contributed by atoms with Crippen molar-refractivity contribution >= 4 is 75.2 Å². The molecule has 0 fully saturated rings. The number of hydrogen-bond donors (Lipinski definition) is 0. The van der Waals surface area contributed by atoms with Gasteiger partial charge in [-0.05, 0) is 59.7 Å². The van der Waals surface area contributed by atoms with Crippen LogP contribution in [0.4, 0.5) is 0 Å². The highest BCUT2D eigenvalue weighted by atomic mass is 79.9. The van der Waals surface area contributed by atoms with Crippen LogP contribution in [0.25, 0.3) is 49.0 Å². The van der Waals surface area contributed by atoms with E-state index in [1.54, 1.807) is 0 Å². The average molecular weight is 515 g/mol. The summed E-state index contributed by atoms with van der Waals surface area (Å²) in [5.41, 5.74) is 5.00. The van der Waals surface area contributed by atoms with Gasteiger partial charge in [0.15, 0.2) is 0 Å². The van der Waals surface area contributed by atoms with Crippen molar-refractivity contribution in [1.29, 1.82) is 0 Å². The van der Waals surface area contributed by atoms with Crippen molar-refractivity contribution < 1.29 is 0 Å². The topological polar surface area (TPSA) is 4.93 Å². The molecule has 3 heteroatoms. The normalized spacial score (nSPS) is 11.8. The van der Waals surface area contributed by atoms with Crippen molar-refractivity contribution in [3.8, 4) is 5.69 Å². The number of fused-ring (bicyclic) bond motifs is 5. The minimum absolute atomic E-state index is 1.09. The SMILES string of the molecule is Cc1c2ccccc2c(-n2c3ccc(Br)cc3c3cc(Br)ccc32)c2ccccc12. The average Bonchev–Trinajstić information content (AvgIpc) is 3.07. The van der Waals surface area contributed by atoms with Crippen molar-refractivity contribution in [2.24, 2.45) is 0 Å². The highest BCUT2D eigenvalue weighted by molar-refractivity contribution is 9.10. The van der Waals surface area contributed by atoms with E-state index in [1.165, 1.54) is 54.6 Å². The Hall–Kier alpha value is -2.62. The van der Waals surface area contributed by atoms with Gasteiger partial charge in [0.1, 0.15) is 0 Å². The van der Waals surface area contributed by atoms with Crippen LogP contribution in [0.3, 0.4) is 0 Å². The summed E-state index contributed by atoms with van der Waals surface area (Å²) in [5.74, 6) is 0. The lowest BCUT2D eigenvalue weighted by Crippen LogP contribution is -1.98. The van der Waals surface area contributed by atoms with E-state index >= 15 is 0 Å². The van der Waals surface area contributed by atoms with Crippen LogP contribution in [0.1, 0.15) is 5.56 Å². The van der Waals surface area contributed by atoms with Crippen molar-refractivity contribution in [3.63, 3.8) is 0 Å². The number of halogens is 2. The van der Waals surface area contributed by atoms with Crippen LogP contribution in [-0.4, -0.2) is 4.57 Å². The van der Waals surface area contributed by atoms with Crippen LogP contribution in [0, 0.1) is 6.92 Å². The van der Waals surface area contributed by atoms with E-state index in [0.29, 0.717) is 0 Å². The molecule has 1 aromatic heterocycles. The molecule has 0 saturated heterocycles. The summed E-state index contributed by atoms with van der Waals surface area (Å²) in [6.45, 7) is 2.23. The molecular formula is C27H17Br2N. The molecule has 0 saturated carbocycles. The van der Waals surface area contributed by atoms with Gasteiger partial charge in [0.2, 0.25) is 0 Å². The van der Waals surface area contributed by atoms with Gasteiger partial charge in [-0.1, -0.05) is 80.4 Å². The fraction of sp³-hybridized carbons (Fsp3) is 0.0370. The fourth-order valence-electron chi connectivity index (χ4n) is 4.77. The molecule has 0 radical (unpaired) electrons. The molecule has 1 nitrogen and oxygen atoms in total. The number of hydrogen-bond acceptors (Lipinski definition) is 0. The molecule has 5 aromatic carbocycles. The van der Waals surface area contributed by atoms with Crippen molar-refractivity contribution in [3.05, 3.63) is 99.4 Å². The lowest BCUT2D eigenvalue weighted by Gasteiger charge is -2.17. The maximum absolute atomic E-state index is 3.67. The molecule has 6 aromatic rings. The van der Waals surface area contributed by atoms with Gasteiger partial charge in [-0.2, -0.15) is 0 Å². The quantitative estimate of drug-likeness (QED) is 0.193. The molecule has 144 valence electrons. The lowest BCUT2D eigenvalue weighted by atomic mass is 9.95. The zero-order valence-corrected chi connectivity index (χ0v) is 19.5. The molecule has 1 heterocycles. The van der Waals surface area contributed by atoms with Gasteiger partial charge in [0.25, 0.3) is 0 Å². The third kappa shape index (κ3) is 2.52. The Bertz CT molecular complexity index is 1510. The molecule has 6 rings (SSSR count). The van der Waals surface area contributed by atoms with E-state index in [4.69, 9.17) is 0 Å². The van der Waals surface area contributed by atoms with Crippen molar-refractivity contribution in [1.82, 2.24) is 4.57 Å². The molecule has 0 aliphatic carbocycles. The minimum Gasteiger partial charge on any atom is -0.308 e. The minimum atomic E-state index is 1.09. The van der Waals surface area contributed by atoms with Crippen LogP contribution < -0.4 is 0 Å². The summed E-state index contributed by atoms with van der Waals surface area (Å²) in [6, 6.07) is 30.7. The van der Waals surface area contributed by atoms with Gasteiger partial charge in [-0.25, -0.2) is 0 Å². The first-order valence-corrected chi connectivity index (χ1v) is 11.5. The molecule has 0 aliphatic heterocycles. The molecule has 0 unspecified atom stereocenters. The van der Waals surface area contributed by atoms with E-state index < -0.39 is 0 Å². The Labute approximate surface area is 191 Å². The number of rotatable bonds is 1. The highest BCUT2D eigenvalue weighted by Gasteiger charge is 2.18. The number of benzene rings is 5. The van der Waals surface area contributed by atoms with E-state index in [-0.39, 0.29) is 0 Å². The van der Waals surface area contributed by atoms with Gasteiger partial charge in [0, 0.05) is 30.5 Å². The van der Waals surface area contributed by atoms with Gasteiger partial charge < -0.3 is 4.57 Å². The molecule has 0 amide bonds. The lowest BCUT2D eigenvalue weighted by molar-refractivity contribution is 1.21. The van der Waals surface area contributed by atoms with Crippen LogP contribution in [-0.2, 0) is 0 Å². The van der Waals surface area contributed by atoms with Crippen LogP contribution in [0.5, 0.6) is 0 Å². The second-order valence-corrected chi connectivity index (χ2v) is 9.55. The summed E-state index contributed by atoms with van der Waals surface area (Å²) < 4.78 is 4.62. The molecule has 30 heavy (non-hydrogen) atoms. The van der Waals surface area contributed by atoms with Crippen molar-refractivity contribution in [2.45, 2.75) is 6.92 Å². The zero-order valence-electron chi connectivity index (χ0n) is 16.3. The predicted octanol–water partition coefficient (Wildman–Crippen LogP) is 8.92. The Kier molecular flexibility index (Phi) is 4.06. The van der Waals surface area contributed by atoms with Gasteiger partial charge in [0.05, 0.1) is 16.7 Å². The summed E-state index contributed by atoms with van der Waals surface area (Å²) in [4.78, 5) is 0. The van der Waals surface area contributed by atoms with E-state index in [9.17, 15) is 0 Å². The van der Waals surface area contributed by atoms with Crippen LogP contribution in [0.15, 0.2) is 93.9 Å². The first-order chi connectivity index (χ1) is 14.6. The molecule has 0 N–H and O–H groups in total. The smallest absolute Gasteiger partial charge is 0.0619 e. The maximum atomic E-state index is 3.67. The Balaban J connectivity index is 1.93. The van der Waals surface area contributed by atoms with Gasteiger partial charge in [-0.15, -0.1) is 0 Å². The molecule has 0 spiro atoms. The van der Waals surface area contributed by atoms with Gasteiger partial charge >= 0.3 is 0 Å². The third-order valence-electron chi connectivity index (χ3n) is 6.09. The number of aryl methyl sites for hydroxylation is 1. The van der Waals surface area contributed by atoms with E-state index in [1.807, 2.05) is 0 Å². The first-order valence-electron chi connectivity index (χ1n) is 9.93. The molecule has 0 atom stereocenters. The maximum Gasteiger partial charge on any atom is 0.0619 e. The Morgan fingerprint density at radius 3 is 1.43 bits per heavy atom. The molecule has 0 aliphatic rings. The largest absolute Gasteiger partial charge is 0.308 e. The monoisotopic (exact) mass is 513 g/mol. The van der Waals surface area contributed by atoms with Gasteiger partial charge in [-0.3, -0.25) is 0 Å². The zero-order chi connectivity index (χ0) is 20.4. The van der Waals surface area contributed by atoms with E-state index in [0.717, 1.165) is 8.95 Å². The number of aromatic nitrogens is 1. The summed E-state index contributed by atoms with van der Waals surface area (Å²) in [5, 5.41) is 7.64. The van der Waals surface area contributed by atoms with Crippen molar-refractivity contribution in [2.75, 3.05) is 0 Å². The second-order valence-electron chi connectivity index (χ2n) is 7.72. The second kappa shape index (κ2) is 6.69. The standard InChI is InChI=1S/C27H17Br2N/c1-16-19-6-2-4-8-21(19)27(22-9-5-3-7-20(16)22)30-25-12-10-17(28)14-23(25)24-15-18(29)11-13-26(24)30/h2-15H,1H3. The summed E-state index contributed by atoms with van der Waals surface area (Å²) >= 11 is 7.34. The summed E-state index contributed by atoms with van der Waals surface area (Å²) in [6.07, 6.45) is 0. The van der Waals surface area contributed by atoms with Crippen LogP contribution >= 0.6 is 31.9 Å². The predicted molar refractivity (Wildman–Crippen MR) is 136 cm³/mol. The Morgan fingerprint density at radius 1 is 0.533 bits per heavy atom. The molecule has 0 bridgehead atoms.